The summed E-state index contributed by atoms with van der Waals surface area (Å²) < 4.78 is 7.92. The molecule has 29 heavy (non-hydrogen) atoms. The van der Waals surface area contributed by atoms with Gasteiger partial charge >= 0.3 is 0 Å². The van der Waals surface area contributed by atoms with Crippen LogP contribution in [0.4, 0.5) is 0 Å². The van der Waals surface area contributed by atoms with Gasteiger partial charge in [0.05, 0.1) is 6.21 Å². The second-order valence-corrected chi connectivity index (χ2v) is 7.36. The monoisotopic (exact) mass is 399 g/mol. The lowest BCUT2D eigenvalue weighted by Crippen LogP contribution is -2.13. The van der Waals surface area contributed by atoms with Gasteiger partial charge in [0.15, 0.2) is 0 Å². The fraction of sp³-hybridized carbons (Fsp3) is 0.0833. The number of rotatable bonds is 6. The third kappa shape index (κ3) is 4.89. The van der Waals surface area contributed by atoms with Crippen molar-refractivity contribution in [1.82, 2.24) is 4.57 Å². The first-order chi connectivity index (χ1) is 14.3. The molecular weight excluding hydrogens is 378 g/mol. The van der Waals surface area contributed by atoms with Crippen molar-refractivity contribution in [3.63, 3.8) is 0 Å². The number of nitrogens with zero attached hydrogens (tertiary/aromatic N) is 3. The molecule has 144 valence electrons. The number of benzene rings is 3. The molecule has 0 amide bonds. The first-order valence-electron chi connectivity index (χ1n) is 9.36. The predicted molar refractivity (Wildman–Crippen MR) is 119 cm³/mol. The summed E-state index contributed by atoms with van der Waals surface area (Å²) in [5.41, 5.74) is 4.34. The van der Waals surface area contributed by atoms with Crippen LogP contribution in [0.5, 0.6) is 5.75 Å². The van der Waals surface area contributed by atoms with Crippen LogP contribution in [0.15, 0.2) is 101 Å². The Bertz CT molecular complexity index is 1140. The van der Waals surface area contributed by atoms with Gasteiger partial charge < -0.3 is 4.74 Å². The van der Waals surface area contributed by atoms with E-state index < -0.39 is 0 Å². The molecule has 5 heteroatoms. The van der Waals surface area contributed by atoms with Crippen LogP contribution >= 0.6 is 11.3 Å². The summed E-state index contributed by atoms with van der Waals surface area (Å²) in [5, 5.41) is 10.8. The van der Waals surface area contributed by atoms with Gasteiger partial charge in [0.1, 0.15) is 12.4 Å². The summed E-state index contributed by atoms with van der Waals surface area (Å²) in [6.45, 7) is 2.63. The topological polar surface area (TPSA) is 38.9 Å². The lowest BCUT2D eigenvalue weighted by molar-refractivity contribution is 0.306. The number of aromatic nitrogens is 1. The molecule has 0 aliphatic heterocycles. The lowest BCUT2D eigenvalue weighted by atomic mass is 10.2. The van der Waals surface area contributed by atoms with Crippen LogP contribution in [0.25, 0.3) is 5.69 Å². The van der Waals surface area contributed by atoms with Crippen molar-refractivity contribution < 1.29 is 4.74 Å². The summed E-state index contributed by atoms with van der Waals surface area (Å²) in [5.74, 6) is 0.832. The highest BCUT2D eigenvalue weighted by Crippen LogP contribution is 2.14. The Morgan fingerprint density at radius 2 is 1.59 bits per heavy atom. The quantitative estimate of drug-likeness (QED) is 0.318. The summed E-state index contributed by atoms with van der Waals surface area (Å²) in [6, 6.07) is 28.2. The third-order valence-electron chi connectivity index (χ3n) is 4.37. The molecule has 0 N–H and O–H groups in total. The number of hydrogen-bond donors (Lipinski definition) is 0. The number of ether oxygens (including phenoxy) is 1. The minimum Gasteiger partial charge on any atom is -0.489 e. The van der Waals surface area contributed by atoms with Gasteiger partial charge in [0.25, 0.3) is 0 Å². The Balaban J connectivity index is 1.45. The van der Waals surface area contributed by atoms with Crippen LogP contribution in [0, 0.1) is 6.92 Å². The van der Waals surface area contributed by atoms with E-state index in [4.69, 9.17) is 4.74 Å². The molecule has 0 saturated heterocycles. The van der Waals surface area contributed by atoms with Gasteiger partial charge in [0, 0.05) is 16.8 Å². The second kappa shape index (κ2) is 9.17. The highest BCUT2D eigenvalue weighted by molar-refractivity contribution is 7.07. The molecular formula is C24H21N3OS. The van der Waals surface area contributed by atoms with Crippen LogP contribution in [0.3, 0.4) is 0 Å². The molecule has 1 heterocycles. The van der Waals surface area contributed by atoms with E-state index in [9.17, 15) is 0 Å². The molecule has 0 unspecified atom stereocenters. The normalized spacial score (nSPS) is 11.8. The van der Waals surface area contributed by atoms with Crippen LogP contribution in [0.1, 0.15) is 16.8 Å². The van der Waals surface area contributed by atoms with E-state index in [2.05, 4.69) is 51.3 Å². The van der Waals surface area contributed by atoms with Crippen LogP contribution in [-0.2, 0) is 6.61 Å². The first-order valence-corrected chi connectivity index (χ1v) is 10.2. The molecule has 4 aromatic rings. The van der Waals surface area contributed by atoms with Gasteiger partial charge in [-0.15, -0.1) is 16.4 Å². The van der Waals surface area contributed by atoms with Gasteiger partial charge in [-0.1, -0.05) is 48.5 Å². The smallest absolute Gasteiger partial charge is 0.215 e. The molecule has 4 nitrogen and oxygen atoms in total. The maximum Gasteiger partial charge on any atom is 0.215 e. The summed E-state index contributed by atoms with van der Waals surface area (Å²) in [4.78, 5) is 0.841. The molecule has 0 aliphatic rings. The molecule has 0 aliphatic carbocycles. The Morgan fingerprint density at radius 1 is 0.897 bits per heavy atom. The van der Waals surface area contributed by atoms with Crippen LogP contribution in [-0.4, -0.2) is 10.8 Å². The minimum atomic E-state index is 0.556. The molecule has 0 spiro atoms. The predicted octanol–water partition coefficient (Wildman–Crippen LogP) is 5.36. The second-order valence-electron chi connectivity index (χ2n) is 6.52. The van der Waals surface area contributed by atoms with Gasteiger partial charge in [0.2, 0.25) is 4.80 Å². The molecule has 0 atom stereocenters. The Morgan fingerprint density at radius 3 is 2.31 bits per heavy atom. The van der Waals surface area contributed by atoms with Gasteiger partial charge in [-0.3, -0.25) is 4.57 Å². The van der Waals surface area contributed by atoms with Crippen molar-refractivity contribution in [2.24, 2.45) is 10.2 Å². The van der Waals surface area contributed by atoms with Gasteiger partial charge in [-0.05, 0) is 54.4 Å². The minimum absolute atomic E-state index is 0.556. The van der Waals surface area contributed by atoms with Crippen molar-refractivity contribution >= 4 is 17.6 Å². The summed E-state index contributed by atoms with van der Waals surface area (Å²) in [6.07, 6.45) is 1.76. The summed E-state index contributed by atoms with van der Waals surface area (Å²) in [7, 11) is 0. The molecule has 0 radical (unpaired) electrons. The number of thiazole rings is 1. The molecule has 0 bridgehead atoms. The Labute approximate surface area is 174 Å². The van der Waals surface area contributed by atoms with Gasteiger partial charge in [-0.2, -0.15) is 5.10 Å². The third-order valence-corrected chi connectivity index (χ3v) is 5.31. The number of aryl methyl sites for hydroxylation is 1. The maximum absolute atomic E-state index is 5.82. The van der Waals surface area contributed by atoms with E-state index in [0.29, 0.717) is 6.61 Å². The molecule has 4 rings (SSSR count). The zero-order valence-corrected chi connectivity index (χ0v) is 16.9. The highest BCUT2D eigenvalue weighted by Gasteiger charge is 2.03. The number of hydrogen-bond acceptors (Lipinski definition) is 4. The van der Waals surface area contributed by atoms with Crippen molar-refractivity contribution in [2.75, 3.05) is 0 Å². The largest absolute Gasteiger partial charge is 0.489 e. The Kier molecular flexibility index (Phi) is 5.98. The van der Waals surface area contributed by atoms with Crippen LogP contribution in [0.2, 0.25) is 0 Å². The van der Waals surface area contributed by atoms with E-state index in [-0.39, 0.29) is 0 Å². The van der Waals surface area contributed by atoms with E-state index in [0.717, 1.165) is 33.1 Å². The highest BCUT2D eigenvalue weighted by atomic mass is 32.1. The van der Waals surface area contributed by atoms with E-state index in [1.165, 1.54) is 0 Å². The van der Waals surface area contributed by atoms with Crippen LogP contribution < -0.4 is 9.54 Å². The number of para-hydroxylation sites is 1. The fourth-order valence-electron chi connectivity index (χ4n) is 2.89. The molecule has 0 saturated carbocycles. The fourth-order valence-corrected chi connectivity index (χ4v) is 3.72. The standard InChI is InChI=1S/C24H21N3OS/c1-19-18-29-24(27(19)22-10-6-3-7-11-22)26-25-16-20-12-14-23(15-13-20)28-17-21-8-4-2-5-9-21/h2-16,18H,17H2,1H3/b25-16+,26-24+. The van der Waals surface area contributed by atoms with Crippen molar-refractivity contribution in [1.29, 1.82) is 0 Å². The molecule has 3 aromatic carbocycles. The van der Waals surface area contributed by atoms with Crippen molar-refractivity contribution in [2.45, 2.75) is 13.5 Å². The maximum atomic E-state index is 5.82. The Hall–Kier alpha value is -3.44. The zero-order chi connectivity index (χ0) is 19.9. The van der Waals surface area contributed by atoms with Gasteiger partial charge in [-0.25, -0.2) is 0 Å². The van der Waals surface area contributed by atoms with Crippen molar-refractivity contribution in [3.8, 4) is 11.4 Å². The SMILES string of the molecule is Cc1cs/c(=N/N=C/c2ccc(OCc3ccccc3)cc2)n1-c1ccccc1. The van der Waals surface area contributed by atoms with E-state index in [1.54, 1.807) is 17.6 Å². The zero-order valence-electron chi connectivity index (χ0n) is 16.1. The first kappa shape index (κ1) is 18.9. The van der Waals surface area contributed by atoms with Crippen molar-refractivity contribution in [3.05, 3.63) is 112 Å². The van der Waals surface area contributed by atoms with E-state index >= 15 is 0 Å². The summed E-state index contributed by atoms with van der Waals surface area (Å²) >= 11 is 1.58. The molecule has 0 fully saturated rings. The molecule has 1 aromatic heterocycles. The lowest BCUT2D eigenvalue weighted by Gasteiger charge is -2.06. The van der Waals surface area contributed by atoms with E-state index in [1.807, 2.05) is 60.7 Å². The average molecular weight is 400 g/mol. The average Bonchev–Trinajstić information content (AvgIpc) is 3.15.